The summed E-state index contributed by atoms with van der Waals surface area (Å²) in [6, 6.07) is 11.1. The first-order valence-corrected chi connectivity index (χ1v) is 10.2. The normalized spacial score (nSPS) is 15.1. The number of amides is 1. The van der Waals surface area contributed by atoms with E-state index in [1.165, 1.54) is 7.11 Å². The Morgan fingerprint density at radius 1 is 0.968 bits per heavy atom. The van der Waals surface area contributed by atoms with Gasteiger partial charge in [0.05, 0.1) is 40.9 Å². The number of methoxy groups -OCH3 is 4. The molecule has 2 aromatic carbocycles. The van der Waals surface area contributed by atoms with E-state index in [1.54, 1.807) is 26.2 Å². The maximum atomic E-state index is 13.2. The second-order valence-corrected chi connectivity index (χ2v) is 7.39. The Morgan fingerprint density at radius 3 is 2.26 bits per heavy atom. The molecule has 0 aliphatic carbocycles. The first-order chi connectivity index (χ1) is 15.0. The van der Waals surface area contributed by atoms with E-state index in [1.807, 2.05) is 36.4 Å². The molecule has 0 radical (unpaired) electrons. The van der Waals surface area contributed by atoms with E-state index in [0.29, 0.717) is 37.3 Å². The van der Waals surface area contributed by atoms with Crippen molar-refractivity contribution in [3.05, 3.63) is 53.1 Å². The van der Waals surface area contributed by atoms with E-state index < -0.39 is 6.04 Å². The zero-order valence-electron chi connectivity index (χ0n) is 18.5. The Balaban J connectivity index is 1.82. The van der Waals surface area contributed by atoms with Gasteiger partial charge in [0.1, 0.15) is 5.75 Å². The lowest BCUT2D eigenvalue weighted by molar-refractivity contribution is -0.144. The number of ether oxygens (including phenoxy) is 4. The van der Waals surface area contributed by atoms with E-state index in [9.17, 15) is 9.59 Å². The summed E-state index contributed by atoms with van der Waals surface area (Å²) in [7, 11) is 6.14. The van der Waals surface area contributed by atoms with Crippen molar-refractivity contribution in [3.63, 3.8) is 0 Å². The largest absolute Gasteiger partial charge is 0.497 e. The number of carbonyl (C=O) groups is 2. The smallest absolute Gasteiger partial charge is 0.307 e. The van der Waals surface area contributed by atoms with Crippen molar-refractivity contribution in [2.75, 3.05) is 35.0 Å². The van der Waals surface area contributed by atoms with Gasteiger partial charge in [-0.05, 0) is 53.8 Å². The van der Waals surface area contributed by atoms with Gasteiger partial charge in [0.2, 0.25) is 5.91 Å². The summed E-state index contributed by atoms with van der Waals surface area (Å²) in [5.41, 5.74) is 3.00. The van der Waals surface area contributed by atoms with E-state index in [4.69, 9.17) is 18.9 Å². The molecule has 0 aromatic heterocycles. The molecule has 0 fully saturated rings. The van der Waals surface area contributed by atoms with Gasteiger partial charge in [-0.15, -0.1) is 0 Å². The fourth-order valence-corrected chi connectivity index (χ4v) is 3.98. The molecule has 0 unspecified atom stereocenters. The summed E-state index contributed by atoms with van der Waals surface area (Å²) in [5, 5.41) is 0. The van der Waals surface area contributed by atoms with Gasteiger partial charge in [0.15, 0.2) is 11.5 Å². The molecule has 0 bridgehead atoms. The summed E-state index contributed by atoms with van der Waals surface area (Å²) in [6.07, 6.45) is 1.74. The van der Waals surface area contributed by atoms with Crippen molar-refractivity contribution in [1.82, 2.24) is 4.90 Å². The van der Waals surface area contributed by atoms with Crippen LogP contribution in [0.25, 0.3) is 0 Å². The highest BCUT2D eigenvalue weighted by Crippen LogP contribution is 2.39. The fraction of sp³-hybridized carbons (Fsp3) is 0.417. The van der Waals surface area contributed by atoms with Crippen LogP contribution in [0.15, 0.2) is 36.4 Å². The molecule has 1 aliphatic rings. The molecule has 31 heavy (non-hydrogen) atoms. The molecule has 1 heterocycles. The molecule has 1 atom stereocenters. The van der Waals surface area contributed by atoms with Crippen LogP contribution in [0.3, 0.4) is 0 Å². The van der Waals surface area contributed by atoms with Crippen LogP contribution in [0.2, 0.25) is 0 Å². The van der Waals surface area contributed by atoms with E-state index in [0.717, 1.165) is 22.4 Å². The minimum absolute atomic E-state index is 0.00477. The molecule has 3 rings (SSSR count). The van der Waals surface area contributed by atoms with Crippen molar-refractivity contribution in [1.29, 1.82) is 0 Å². The average Bonchev–Trinajstić information content (AvgIpc) is 2.81. The third kappa shape index (κ3) is 5.10. The van der Waals surface area contributed by atoms with Crippen LogP contribution < -0.4 is 14.2 Å². The van der Waals surface area contributed by atoms with E-state index in [-0.39, 0.29) is 18.3 Å². The Morgan fingerprint density at radius 2 is 1.65 bits per heavy atom. The second-order valence-electron chi connectivity index (χ2n) is 7.39. The SMILES string of the molecule is COC(=O)C[C@H]1c2cc(OC)c(OC)cc2CCN1C(=O)CCc1ccc(OC)cc1. The Kier molecular flexibility index (Phi) is 7.39. The highest BCUT2D eigenvalue weighted by Gasteiger charge is 2.33. The van der Waals surface area contributed by atoms with Crippen LogP contribution in [-0.2, 0) is 27.2 Å². The van der Waals surface area contributed by atoms with Crippen molar-refractivity contribution in [2.45, 2.75) is 31.7 Å². The van der Waals surface area contributed by atoms with Gasteiger partial charge in [0, 0.05) is 13.0 Å². The predicted octanol–water partition coefficient (Wildman–Crippen LogP) is 3.33. The van der Waals surface area contributed by atoms with Gasteiger partial charge >= 0.3 is 5.97 Å². The number of hydrogen-bond donors (Lipinski definition) is 0. The Bertz CT molecular complexity index is 924. The first-order valence-electron chi connectivity index (χ1n) is 10.2. The molecule has 0 saturated carbocycles. The number of esters is 1. The summed E-state index contributed by atoms with van der Waals surface area (Å²) in [5.74, 6) is 1.64. The molecule has 0 spiro atoms. The molecule has 7 heteroatoms. The van der Waals surface area contributed by atoms with Crippen molar-refractivity contribution in [2.24, 2.45) is 0 Å². The number of carbonyl (C=O) groups excluding carboxylic acids is 2. The molecule has 2 aromatic rings. The monoisotopic (exact) mass is 427 g/mol. The first kappa shape index (κ1) is 22.5. The Hall–Kier alpha value is -3.22. The molecule has 7 nitrogen and oxygen atoms in total. The zero-order chi connectivity index (χ0) is 22.4. The Labute approximate surface area is 182 Å². The zero-order valence-corrected chi connectivity index (χ0v) is 18.5. The summed E-state index contributed by atoms with van der Waals surface area (Å²) >= 11 is 0. The molecule has 166 valence electrons. The fourth-order valence-electron chi connectivity index (χ4n) is 3.98. The van der Waals surface area contributed by atoms with E-state index in [2.05, 4.69) is 0 Å². The number of benzene rings is 2. The van der Waals surface area contributed by atoms with E-state index >= 15 is 0 Å². The van der Waals surface area contributed by atoms with Gasteiger partial charge in [0.25, 0.3) is 0 Å². The minimum Gasteiger partial charge on any atom is -0.497 e. The third-order valence-corrected chi connectivity index (χ3v) is 5.70. The van der Waals surface area contributed by atoms with Crippen LogP contribution in [0, 0.1) is 0 Å². The lowest BCUT2D eigenvalue weighted by Gasteiger charge is -2.37. The second kappa shape index (κ2) is 10.2. The number of aryl methyl sites for hydroxylation is 1. The van der Waals surface area contributed by atoms with Crippen LogP contribution in [0.5, 0.6) is 17.2 Å². The summed E-state index contributed by atoms with van der Waals surface area (Å²) in [6.45, 7) is 0.533. The predicted molar refractivity (Wildman–Crippen MR) is 116 cm³/mol. The van der Waals surface area contributed by atoms with Crippen molar-refractivity contribution >= 4 is 11.9 Å². The van der Waals surface area contributed by atoms with Crippen LogP contribution >= 0.6 is 0 Å². The maximum Gasteiger partial charge on any atom is 0.307 e. The maximum absolute atomic E-state index is 13.2. The molecule has 0 N–H and O–H groups in total. The lowest BCUT2D eigenvalue weighted by atomic mass is 9.89. The highest BCUT2D eigenvalue weighted by atomic mass is 16.5. The molecule has 0 saturated heterocycles. The molecule has 1 aliphatic heterocycles. The van der Waals surface area contributed by atoms with Gasteiger partial charge in [-0.25, -0.2) is 0 Å². The van der Waals surface area contributed by atoms with Gasteiger partial charge in [-0.1, -0.05) is 12.1 Å². The summed E-state index contributed by atoms with van der Waals surface area (Å²) < 4.78 is 20.9. The van der Waals surface area contributed by atoms with Crippen LogP contribution in [0.1, 0.15) is 35.6 Å². The lowest BCUT2D eigenvalue weighted by Crippen LogP contribution is -2.41. The van der Waals surface area contributed by atoms with Gasteiger partial charge in [-0.2, -0.15) is 0 Å². The number of hydrogen-bond acceptors (Lipinski definition) is 6. The molecular formula is C24H29NO6. The number of fused-ring (bicyclic) bond motifs is 1. The average molecular weight is 427 g/mol. The van der Waals surface area contributed by atoms with Crippen molar-refractivity contribution in [3.8, 4) is 17.2 Å². The third-order valence-electron chi connectivity index (χ3n) is 5.70. The number of rotatable bonds is 8. The summed E-state index contributed by atoms with van der Waals surface area (Å²) in [4.78, 5) is 27.1. The minimum atomic E-state index is -0.403. The van der Waals surface area contributed by atoms with Crippen molar-refractivity contribution < 1.29 is 28.5 Å². The molecular weight excluding hydrogens is 398 g/mol. The van der Waals surface area contributed by atoms with Crippen LogP contribution in [-0.4, -0.2) is 51.8 Å². The molecule has 1 amide bonds. The standard InChI is InChI=1S/C24H29NO6/c1-28-18-8-5-16(6-9-18)7-10-23(26)25-12-11-17-13-21(29-2)22(30-3)14-19(17)20(25)15-24(27)31-4/h5-6,8-9,13-14,20H,7,10-12,15H2,1-4H3/t20-/m0/s1. The van der Waals surface area contributed by atoms with Gasteiger partial charge in [-0.3, -0.25) is 9.59 Å². The quantitative estimate of drug-likeness (QED) is 0.602. The van der Waals surface area contributed by atoms with Gasteiger partial charge < -0.3 is 23.8 Å². The van der Waals surface area contributed by atoms with Crippen LogP contribution in [0.4, 0.5) is 0 Å². The highest BCUT2D eigenvalue weighted by molar-refractivity contribution is 5.79. The topological polar surface area (TPSA) is 74.3 Å². The number of nitrogens with zero attached hydrogens (tertiary/aromatic N) is 1.